The Morgan fingerprint density at radius 1 is 1.56 bits per heavy atom. The van der Waals surface area contributed by atoms with Gasteiger partial charge in [0, 0.05) is 13.1 Å². The SMILES string of the molecule is CN(C(=O)CN1CCOC1=O)C1CCS(=O)(=O)C1. The van der Waals surface area contributed by atoms with Crippen LogP contribution in [0.1, 0.15) is 6.42 Å². The first-order valence-electron chi connectivity index (χ1n) is 5.77. The van der Waals surface area contributed by atoms with Gasteiger partial charge < -0.3 is 9.64 Å². The smallest absolute Gasteiger partial charge is 0.410 e. The molecule has 0 saturated carbocycles. The molecule has 2 amide bonds. The van der Waals surface area contributed by atoms with Crippen molar-refractivity contribution in [2.75, 3.05) is 38.2 Å². The first kappa shape index (κ1) is 13.1. The van der Waals surface area contributed by atoms with Crippen LogP contribution < -0.4 is 0 Å². The number of carbonyl (C=O) groups excluding carboxylic acids is 2. The van der Waals surface area contributed by atoms with E-state index >= 15 is 0 Å². The average Bonchev–Trinajstić information content (AvgIpc) is 2.84. The summed E-state index contributed by atoms with van der Waals surface area (Å²) in [6.07, 6.45) is -0.0227. The number of likely N-dealkylation sites (N-methyl/N-ethyl adjacent to an activating group) is 1. The standard InChI is InChI=1S/C10H16N2O5S/c1-11(8-2-5-18(15,16)7-8)9(13)6-12-3-4-17-10(12)14/h8H,2-7H2,1H3. The zero-order chi connectivity index (χ0) is 13.3. The Balaban J connectivity index is 1.91. The third-order valence-corrected chi connectivity index (χ3v) is 5.07. The summed E-state index contributed by atoms with van der Waals surface area (Å²) in [5, 5.41) is 0. The second kappa shape index (κ2) is 4.75. The van der Waals surface area contributed by atoms with Gasteiger partial charge in [0.1, 0.15) is 13.2 Å². The van der Waals surface area contributed by atoms with E-state index in [1.165, 1.54) is 9.80 Å². The molecule has 0 aromatic rings. The molecule has 0 radical (unpaired) electrons. The van der Waals surface area contributed by atoms with E-state index in [1.807, 2.05) is 0 Å². The van der Waals surface area contributed by atoms with Gasteiger partial charge in [-0.1, -0.05) is 0 Å². The summed E-state index contributed by atoms with van der Waals surface area (Å²) in [6.45, 7) is 0.654. The van der Waals surface area contributed by atoms with E-state index in [0.29, 0.717) is 19.6 Å². The molecule has 0 bridgehead atoms. The van der Waals surface area contributed by atoms with Crippen molar-refractivity contribution >= 4 is 21.8 Å². The van der Waals surface area contributed by atoms with Gasteiger partial charge >= 0.3 is 6.09 Å². The van der Waals surface area contributed by atoms with Gasteiger partial charge in [0.15, 0.2) is 9.84 Å². The number of hydrogen-bond donors (Lipinski definition) is 0. The number of hydrogen-bond acceptors (Lipinski definition) is 5. The number of carbonyl (C=O) groups is 2. The van der Waals surface area contributed by atoms with Crippen LogP contribution in [0.4, 0.5) is 4.79 Å². The average molecular weight is 276 g/mol. The second-order valence-corrected chi connectivity index (χ2v) is 6.83. The van der Waals surface area contributed by atoms with Gasteiger partial charge in [-0.15, -0.1) is 0 Å². The van der Waals surface area contributed by atoms with Gasteiger partial charge in [-0.05, 0) is 6.42 Å². The van der Waals surface area contributed by atoms with Crippen LogP contribution in [0.15, 0.2) is 0 Å². The minimum absolute atomic E-state index is 0.0136. The van der Waals surface area contributed by atoms with Gasteiger partial charge in [-0.2, -0.15) is 0 Å². The molecule has 2 saturated heterocycles. The number of sulfone groups is 1. The summed E-state index contributed by atoms with van der Waals surface area (Å²) in [5.74, 6) is -0.114. The fourth-order valence-corrected chi connectivity index (χ4v) is 3.90. The van der Waals surface area contributed by atoms with Crippen LogP contribution in [0.2, 0.25) is 0 Å². The number of ether oxygens (including phenoxy) is 1. The lowest BCUT2D eigenvalue weighted by molar-refractivity contribution is -0.132. The zero-order valence-electron chi connectivity index (χ0n) is 10.2. The molecule has 0 aliphatic carbocycles. The first-order valence-corrected chi connectivity index (χ1v) is 7.59. The maximum Gasteiger partial charge on any atom is 0.410 e. The van der Waals surface area contributed by atoms with Crippen LogP contribution >= 0.6 is 0 Å². The van der Waals surface area contributed by atoms with Crippen LogP contribution in [0.5, 0.6) is 0 Å². The first-order chi connectivity index (χ1) is 8.39. The molecule has 2 fully saturated rings. The Kier molecular flexibility index (Phi) is 3.47. The van der Waals surface area contributed by atoms with Crippen molar-refractivity contribution in [3.05, 3.63) is 0 Å². The minimum atomic E-state index is -3.01. The predicted molar refractivity (Wildman–Crippen MR) is 62.7 cm³/mol. The van der Waals surface area contributed by atoms with Crippen molar-refractivity contribution in [2.45, 2.75) is 12.5 Å². The van der Waals surface area contributed by atoms with Crippen molar-refractivity contribution in [2.24, 2.45) is 0 Å². The van der Waals surface area contributed by atoms with Crippen molar-refractivity contribution in [1.29, 1.82) is 0 Å². The molecule has 0 spiro atoms. The fraction of sp³-hybridized carbons (Fsp3) is 0.800. The Bertz CT molecular complexity index is 461. The van der Waals surface area contributed by atoms with E-state index in [2.05, 4.69) is 0 Å². The molecule has 0 N–H and O–H groups in total. The summed E-state index contributed by atoms with van der Waals surface area (Å²) in [5.41, 5.74) is 0. The molecule has 2 aliphatic rings. The lowest BCUT2D eigenvalue weighted by Crippen LogP contribution is -2.44. The fourth-order valence-electron chi connectivity index (χ4n) is 2.13. The molecule has 2 aliphatic heterocycles. The summed E-state index contributed by atoms with van der Waals surface area (Å²) >= 11 is 0. The molecule has 0 aromatic heterocycles. The highest BCUT2D eigenvalue weighted by Crippen LogP contribution is 2.17. The van der Waals surface area contributed by atoms with Gasteiger partial charge in [0.25, 0.3) is 0 Å². The third-order valence-electron chi connectivity index (χ3n) is 3.32. The van der Waals surface area contributed by atoms with Crippen LogP contribution in [-0.2, 0) is 19.4 Å². The lowest BCUT2D eigenvalue weighted by Gasteiger charge is -2.25. The quantitative estimate of drug-likeness (QED) is 0.666. The zero-order valence-corrected chi connectivity index (χ0v) is 11.0. The normalized spacial score (nSPS) is 26.2. The molecule has 2 rings (SSSR count). The van der Waals surface area contributed by atoms with Crippen LogP contribution in [-0.4, -0.2) is 74.5 Å². The van der Waals surface area contributed by atoms with Gasteiger partial charge in [0.05, 0.1) is 18.1 Å². The summed E-state index contributed by atoms with van der Waals surface area (Å²) in [4.78, 5) is 25.9. The Morgan fingerprint density at radius 3 is 2.78 bits per heavy atom. The van der Waals surface area contributed by atoms with E-state index in [9.17, 15) is 18.0 Å². The predicted octanol–water partition coefficient (Wildman–Crippen LogP) is -0.916. The van der Waals surface area contributed by atoms with Gasteiger partial charge in [0.2, 0.25) is 5.91 Å². The maximum atomic E-state index is 11.9. The molecular formula is C10H16N2O5S. The molecular weight excluding hydrogens is 260 g/mol. The second-order valence-electron chi connectivity index (χ2n) is 4.60. The van der Waals surface area contributed by atoms with E-state index in [4.69, 9.17) is 4.74 Å². The van der Waals surface area contributed by atoms with Crippen molar-refractivity contribution in [1.82, 2.24) is 9.80 Å². The molecule has 18 heavy (non-hydrogen) atoms. The maximum absolute atomic E-state index is 11.9. The monoisotopic (exact) mass is 276 g/mol. The topological polar surface area (TPSA) is 84.0 Å². The molecule has 102 valence electrons. The molecule has 7 nitrogen and oxygen atoms in total. The third kappa shape index (κ3) is 2.74. The Labute approximate surface area is 106 Å². The van der Waals surface area contributed by atoms with Crippen molar-refractivity contribution in [3.63, 3.8) is 0 Å². The van der Waals surface area contributed by atoms with Crippen LogP contribution in [0.25, 0.3) is 0 Å². The molecule has 2 heterocycles. The number of amides is 2. The van der Waals surface area contributed by atoms with Crippen molar-refractivity contribution < 1.29 is 22.7 Å². The van der Waals surface area contributed by atoms with E-state index in [-0.39, 0.29) is 30.0 Å². The minimum Gasteiger partial charge on any atom is -0.448 e. The lowest BCUT2D eigenvalue weighted by atomic mass is 10.2. The van der Waals surface area contributed by atoms with E-state index in [1.54, 1.807) is 7.05 Å². The summed E-state index contributed by atoms with van der Waals surface area (Å²) in [6, 6.07) is -0.277. The summed E-state index contributed by atoms with van der Waals surface area (Å²) < 4.78 is 27.4. The van der Waals surface area contributed by atoms with E-state index < -0.39 is 15.9 Å². The molecule has 8 heteroatoms. The number of rotatable bonds is 3. The van der Waals surface area contributed by atoms with Crippen LogP contribution in [0.3, 0.4) is 0 Å². The highest BCUT2D eigenvalue weighted by Gasteiger charge is 2.34. The molecule has 1 unspecified atom stereocenters. The summed E-state index contributed by atoms with van der Waals surface area (Å²) in [7, 11) is -1.43. The van der Waals surface area contributed by atoms with E-state index in [0.717, 1.165) is 0 Å². The largest absolute Gasteiger partial charge is 0.448 e. The van der Waals surface area contributed by atoms with Crippen LogP contribution in [0, 0.1) is 0 Å². The van der Waals surface area contributed by atoms with Gasteiger partial charge in [-0.25, -0.2) is 13.2 Å². The highest BCUT2D eigenvalue weighted by atomic mass is 32.2. The van der Waals surface area contributed by atoms with Gasteiger partial charge in [-0.3, -0.25) is 9.69 Å². The Morgan fingerprint density at radius 2 is 2.28 bits per heavy atom. The molecule has 1 atom stereocenters. The number of cyclic esters (lactones) is 1. The Hall–Kier alpha value is -1.31. The number of nitrogens with zero attached hydrogens (tertiary/aromatic N) is 2. The molecule has 0 aromatic carbocycles. The highest BCUT2D eigenvalue weighted by molar-refractivity contribution is 7.91. The van der Waals surface area contributed by atoms with Crippen molar-refractivity contribution in [3.8, 4) is 0 Å².